The summed E-state index contributed by atoms with van der Waals surface area (Å²) >= 11 is 0.974. The molecular formula is C10H10N4O2S. The molecule has 0 fully saturated rings. The molecule has 17 heavy (non-hydrogen) atoms. The molecule has 0 aliphatic carbocycles. The van der Waals surface area contributed by atoms with E-state index in [-0.39, 0.29) is 11.6 Å². The van der Waals surface area contributed by atoms with Crippen LogP contribution in [0.3, 0.4) is 0 Å². The summed E-state index contributed by atoms with van der Waals surface area (Å²) in [6, 6.07) is 5.02. The molecule has 1 heterocycles. The number of nitrogens with one attached hydrogen (secondary N) is 1. The Morgan fingerprint density at radius 3 is 3.00 bits per heavy atom. The van der Waals surface area contributed by atoms with Gasteiger partial charge in [-0.05, 0) is 12.1 Å². The highest BCUT2D eigenvalue weighted by molar-refractivity contribution is 6.99. The first kappa shape index (κ1) is 11.3. The lowest BCUT2D eigenvalue weighted by molar-refractivity contribution is 0.102. The van der Waals surface area contributed by atoms with Gasteiger partial charge in [0.2, 0.25) is 0 Å². The molecule has 1 aromatic carbocycles. The van der Waals surface area contributed by atoms with Crippen molar-refractivity contribution in [3.05, 3.63) is 30.1 Å². The molecule has 1 aromatic heterocycles. The van der Waals surface area contributed by atoms with Crippen molar-refractivity contribution in [3.8, 4) is 5.75 Å². The smallest absolute Gasteiger partial charge is 0.277 e. The maximum atomic E-state index is 11.7. The Hall–Kier alpha value is -2.15. The van der Waals surface area contributed by atoms with Gasteiger partial charge < -0.3 is 15.8 Å². The van der Waals surface area contributed by atoms with E-state index in [1.807, 2.05) is 0 Å². The monoisotopic (exact) mass is 250 g/mol. The molecular weight excluding hydrogens is 240 g/mol. The number of methoxy groups -OCH3 is 1. The summed E-state index contributed by atoms with van der Waals surface area (Å²) in [4.78, 5) is 11.7. The average molecular weight is 250 g/mol. The topological polar surface area (TPSA) is 90.1 Å². The Morgan fingerprint density at radius 1 is 1.53 bits per heavy atom. The zero-order valence-electron chi connectivity index (χ0n) is 9.01. The summed E-state index contributed by atoms with van der Waals surface area (Å²) in [5.41, 5.74) is 6.95. The van der Waals surface area contributed by atoms with Gasteiger partial charge in [0.15, 0.2) is 5.69 Å². The number of aromatic nitrogens is 2. The third-order valence-corrected chi connectivity index (χ3v) is 2.58. The Morgan fingerprint density at radius 2 is 2.35 bits per heavy atom. The van der Waals surface area contributed by atoms with Gasteiger partial charge in [-0.15, -0.1) is 0 Å². The first-order valence-corrected chi connectivity index (χ1v) is 5.46. The second-order valence-corrected chi connectivity index (χ2v) is 3.76. The number of nitrogen functional groups attached to an aromatic ring is 1. The van der Waals surface area contributed by atoms with E-state index >= 15 is 0 Å². The number of carbonyl (C=O) groups is 1. The fourth-order valence-electron chi connectivity index (χ4n) is 1.22. The van der Waals surface area contributed by atoms with Crippen molar-refractivity contribution in [3.63, 3.8) is 0 Å². The van der Waals surface area contributed by atoms with Gasteiger partial charge in [0.05, 0.1) is 36.4 Å². The van der Waals surface area contributed by atoms with E-state index < -0.39 is 0 Å². The van der Waals surface area contributed by atoms with Gasteiger partial charge >= 0.3 is 0 Å². The molecule has 0 spiro atoms. The van der Waals surface area contributed by atoms with Gasteiger partial charge in [-0.2, -0.15) is 8.75 Å². The Kier molecular flexibility index (Phi) is 3.20. The highest BCUT2D eigenvalue weighted by atomic mass is 32.1. The Bertz CT molecular complexity index is 527. The molecule has 0 saturated heterocycles. The number of ether oxygens (including phenoxy) is 1. The third kappa shape index (κ3) is 2.51. The van der Waals surface area contributed by atoms with Crippen LogP contribution in [-0.2, 0) is 0 Å². The van der Waals surface area contributed by atoms with Gasteiger partial charge in [-0.3, -0.25) is 4.79 Å². The van der Waals surface area contributed by atoms with Gasteiger partial charge in [-0.1, -0.05) is 0 Å². The minimum atomic E-state index is -0.348. The van der Waals surface area contributed by atoms with Gasteiger partial charge in [0.1, 0.15) is 5.75 Å². The van der Waals surface area contributed by atoms with E-state index in [1.54, 1.807) is 25.3 Å². The van der Waals surface area contributed by atoms with Crippen molar-refractivity contribution in [1.29, 1.82) is 0 Å². The van der Waals surface area contributed by atoms with E-state index in [2.05, 4.69) is 14.1 Å². The largest absolute Gasteiger partial charge is 0.497 e. The molecule has 88 valence electrons. The van der Waals surface area contributed by atoms with Crippen molar-refractivity contribution in [1.82, 2.24) is 8.75 Å². The summed E-state index contributed by atoms with van der Waals surface area (Å²) in [5, 5.41) is 2.65. The molecule has 3 N–H and O–H groups in total. The summed E-state index contributed by atoms with van der Waals surface area (Å²) < 4.78 is 12.6. The predicted molar refractivity (Wildman–Crippen MR) is 65.3 cm³/mol. The van der Waals surface area contributed by atoms with Gasteiger partial charge in [0.25, 0.3) is 5.91 Å². The fourth-order valence-corrected chi connectivity index (χ4v) is 1.63. The number of hydrogen-bond acceptors (Lipinski definition) is 6. The van der Waals surface area contributed by atoms with Crippen LogP contribution in [0.1, 0.15) is 10.5 Å². The van der Waals surface area contributed by atoms with Crippen LogP contribution in [0.2, 0.25) is 0 Å². The quantitative estimate of drug-likeness (QED) is 0.803. The maximum absolute atomic E-state index is 11.7. The van der Waals surface area contributed by atoms with E-state index in [1.165, 1.54) is 6.20 Å². The lowest BCUT2D eigenvalue weighted by atomic mass is 10.2. The number of nitrogens with two attached hydrogens (primary N) is 1. The lowest BCUT2D eigenvalue weighted by Crippen LogP contribution is -2.13. The number of hydrogen-bond donors (Lipinski definition) is 2. The summed E-state index contributed by atoms with van der Waals surface area (Å²) in [5.74, 6) is 0.268. The number of anilines is 2. The van der Waals surface area contributed by atoms with E-state index in [0.29, 0.717) is 17.1 Å². The standard InChI is InChI=1S/C10H10N4O2S/c1-16-6-2-3-7(11)8(4-6)13-10(15)9-5-12-17-14-9/h2-5H,11H2,1H3,(H,13,15). The van der Waals surface area contributed by atoms with Crippen LogP contribution < -0.4 is 15.8 Å². The molecule has 0 aliphatic heterocycles. The van der Waals surface area contributed by atoms with Crippen molar-refractivity contribution in [2.24, 2.45) is 0 Å². The van der Waals surface area contributed by atoms with Crippen LogP contribution in [0.25, 0.3) is 0 Å². The lowest BCUT2D eigenvalue weighted by Gasteiger charge is -2.08. The number of nitrogens with zero attached hydrogens (tertiary/aromatic N) is 2. The third-order valence-electron chi connectivity index (χ3n) is 2.10. The first-order valence-electron chi connectivity index (χ1n) is 4.73. The minimum Gasteiger partial charge on any atom is -0.497 e. The Labute approximate surface area is 102 Å². The molecule has 0 radical (unpaired) electrons. The van der Waals surface area contributed by atoms with Gasteiger partial charge in [0, 0.05) is 6.07 Å². The second-order valence-electron chi connectivity index (χ2n) is 3.20. The van der Waals surface area contributed by atoms with Crippen molar-refractivity contribution >= 4 is 29.0 Å². The van der Waals surface area contributed by atoms with E-state index in [0.717, 1.165) is 11.7 Å². The molecule has 0 atom stereocenters. The van der Waals surface area contributed by atoms with Crippen LogP contribution in [0.5, 0.6) is 5.75 Å². The van der Waals surface area contributed by atoms with Crippen LogP contribution in [0, 0.1) is 0 Å². The SMILES string of the molecule is COc1ccc(N)c(NC(=O)c2cnsn2)c1. The maximum Gasteiger partial charge on any atom is 0.277 e. The first-order chi connectivity index (χ1) is 8.20. The molecule has 0 saturated carbocycles. The van der Waals surface area contributed by atoms with Crippen molar-refractivity contribution in [2.45, 2.75) is 0 Å². The van der Waals surface area contributed by atoms with Crippen LogP contribution in [-0.4, -0.2) is 21.8 Å². The molecule has 0 unspecified atom stereocenters. The fraction of sp³-hybridized carbons (Fsp3) is 0.100. The molecule has 2 rings (SSSR count). The highest BCUT2D eigenvalue weighted by Gasteiger charge is 2.11. The van der Waals surface area contributed by atoms with Gasteiger partial charge in [-0.25, -0.2) is 0 Å². The molecule has 0 aliphatic rings. The number of carbonyl (C=O) groups excluding carboxylic acids is 1. The summed E-state index contributed by atoms with van der Waals surface area (Å²) in [7, 11) is 1.54. The number of rotatable bonds is 3. The normalized spacial score (nSPS) is 9.94. The second kappa shape index (κ2) is 4.79. The van der Waals surface area contributed by atoms with Crippen LogP contribution in [0.4, 0.5) is 11.4 Å². The predicted octanol–water partition coefficient (Wildman–Crippen LogP) is 1.38. The average Bonchev–Trinajstić information content (AvgIpc) is 2.85. The zero-order chi connectivity index (χ0) is 12.3. The summed E-state index contributed by atoms with van der Waals surface area (Å²) in [6.45, 7) is 0. The van der Waals surface area contributed by atoms with Crippen LogP contribution >= 0.6 is 11.7 Å². The zero-order valence-corrected chi connectivity index (χ0v) is 9.82. The number of benzene rings is 1. The van der Waals surface area contributed by atoms with Crippen molar-refractivity contribution in [2.75, 3.05) is 18.2 Å². The molecule has 2 aromatic rings. The molecule has 6 nitrogen and oxygen atoms in total. The molecule has 1 amide bonds. The van der Waals surface area contributed by atoms with E-state index in [9.17, 15) is 4.79 Å². The van der Waals surface area contributed by atoms with Crippen LogP contribution in [0.15, 0.2) is 24.4 Å². The van der Waals surface area contributed by atoms with E-state index in [4.69, 9.17) is 10.5 Å². The molecule has 7 heteroatoms. The van der Waals surface area contributed by atoms with Crippen molar-refractivity contribution < 1.29 is 9.53 Å². The number of amides is 1. The highest BCUT2D eigenvalue weighted by Crippen LogP contribution is 2.24. The summed E-state index contributed by atoms with van der Waals surface area (Å²) in [6.07, 6.45) is 1.40. The minimum absolute atomic E-state index is 0.261. The molecule has 0 bridgehead atoms. The Balaban J connectivity index is 2.21.